The standard InChI is InChI=1S/C20H17N3O4S2/c1-13-12-28-20-21-17(11-23(13)20)14-2-4-15(5-3-14)22-29(24,25)16-6-7-18-19(10-16)27-9-8-26-18/h2-7,10-12,22H,8-9H2,1H3. The van der Waals surface area contributed by atoms with Crippen LogP contribution in [0.1, 0.15) is 5.69 Å². The van der Waals surface area contributed by atoms with Crippen molar-refractivity contribution in [1.82, 2.24) is 9.38 Å². The Labute approximate surface area is 171 Å². The fraction of sp³-hybridized carbons (Fsp3) is 0.150. The van der Waals surface area contributed by atoms with Crippen LogP contribution < -0.4 is 14.2 Å². The molecule has 7 nitrogen and oxygen atoms in total. The third kappa shape index (κ3) is 3.32. The lowest BCUT2D eigenvalue weighted by atomic mass is 10.1. The van der Waals surface area contributed by atoms with Gasteiger partial charge >= 0.3 is 0 Å². The van der Waals surface area contributed by atoms with Gasteiger partial charge in [-0.1, -0.05) is 12.1 Å². The summed E-state index contributed by atoms with van der Waals surface area (Å²) in [4.78, 5) is 5.67. The van der Waals surface area contributed by atoms with Gasteiger partial charge in [0.15, 0.2) is 16.5 Å². The van der Waals surface area contributed by atoms with Gasteiger partial charge in [0.2, 0.25) is 0 Å². The molecule has 0 bridgehead atoms. The second-order valence-electron chi connectivity index (χ2n) is 6.64. The molecule has 0 fully saturated rings. The molecule has 3 heterocycles. The van der Waals surface area contributed by atoms with Crippen molar-refractivity contribution in [3.8, 4) is 22.8 Å². The van der Waals surface area contributed by atoms with Crippen molar-refractivity contribution in [2.75, 3.05) is 17.9 Å². The monoisotopic (exact) mass is 427 g/mol. The zero-order valence-corrected chi connectivity index (χ0v) is 17.1. The van der Waals surface area contributed by atoms with Crippen LogP contribution in [-0.2, 0) is 10.0 Å². The molecular formula is C20H17N3O4S2. The van der Waals surface area contributed by atoms with Crippen molar-refractivity contribution in [3.05, 3.63) is 59.7 Å². The molecule has 9 heteroatoms. The lowest BCUT2D eigenvalue weighted by molar-refractivity contribution is 0.171. The fourth-order valence-electron chi connectivity index (χ4n) is 3.15. The Morgan fingerprint density at radius 1 is 1.07 bits per heavy atom. The number of thiazole rings is 1. The third-order valence-electron chi connectivity index (χ3n) is 4.65. The summed E-state index contributed by atoms with van der Waals surface area (Å²) in [6.45, 7) is 2.89. The van der Waals surface area contributed by atoms with Crippen molar-refractivity contribution >= 4 is 32.0 Å². The molecule has 29 heavy (non-hydrogen) atoms. The summed E-state index contributed by atoms with van der Waals surface area (Å²) in [7, 11) is -3.75. The molecule has 0 atom stereocenters. The Balaban J connectivity index is 1.38. The second kappa shape index (κ2) is 6.78. The summed E-state index contributed by atoms with van der Waals surface area (Å²) in [6.07, 6.45) is 1.98. The molecule has 0 radical (unpaired) electrons. The normalized spacial score (nSPS) is 13.6. The first-order valence-corrected chi connectivity index (χ1v) is 11.3. The van der Waals surface area contributed by atoms with Gasteiger partial charge in [0.25, 0.3) is 10.0 Å². The van der Waals surface area contributed by atoms with E-state index in [4.69, 9.17) is 9.47 Å². The molecular weight excluding hydrogens is 410 g/mol. The number of nitrogens with one attached hydrogen (secondary N) is 1. The third-order valence-corrected chi connectivity index (χ3v) is 6.98. The maximum absolute atomic E-state index is 12.7. The van der Waals surface area contributed by atoms with Crippen LogP contribution in [0, 0.1) is 6.92 Å². The molecule has 148 valence electrons. The van der Waals surface area contributed by atoms with Gasteiger partial charge in [-0.3, -0.25) is 9.12 Å². The van der Waals surface area contributed by atoms with E-state index in [-0.39, 0.29) is 4.90 Å². The Hall–Kier alpha value is -3.04. The quantitative estimate of drug-likeness (QED) is 0.533. The number of sulfonamides is 1. The van der Waals surface area contributed by atoms with E-state index in [1.54, 1.807) is 29.5 Å². The molecule has 4 aromatic rings. The van der Waals surface area contributed by atoms with Crippen LogP contribution in [0.25, 0.3) is 16.2 Å². The first-order chi connectivity index (χ1) is 14.0. The predicted molar refractivity (Wildman–Crippen MR) is 111 cm³/mol. The molecule has 0 aliphatic carbocycles. The Morgan fingerprint density at radius 3 is 2.59 bits per heavy atom. The number of hydrogen-bond donors (Lipinski definition) is 1. The van der Waals surface area contributed by atoms with E-state index in [9.17, 15) is 8.42 Å². The molecule has 1 aliphatic heterocycles. The highest BCUT2D eigenvalue weighted by Gasteiger charge is 2.19. The fourth-order valence-corrected chi connectivity index (χ4v) is 5.07. The van der Waals surface area contributed by atoms with Gasteiger partial charge < -0.3 is 9.47 Å². The zero-order valence-electron chi connectivity index (χ0n) is 15.5. The number of anilines is 1. The van der Waals surface area contributed by atoms with Crippen molar-refractivity contribution in [2.45, 2.75) is 11.8 Å². The van der Waals surface area contributed by atoms with Crippen LogP contribution in [0.2, 0.25) is 0 Å². The lowest BCUT2D eigenvalue weighted by Crippen LogP contribution is -2.17. The predicted octanol–water partition coefficient (Wildman–Crippen LogP) is 3.94. The zero-order chi connectivity index (χ0) is 20.0. The van der Waals surface area contributed by atoms with Crippen LogP contribution in [-0.4, -0.2) is 31.0 Å². The number of imidazole rings is 1. The van der Waals surface area contributed by atoms with E-state index in [1.165, 1.54) is 12.1 Å². The molecule has 1 N–H and O–H groups in total. The number of aryl methyl sites for hydroxylation is 1. The highest BCUT2D eigenvalue weighted by Crippen LogP contribution is 2.33. The van der Waals surface area contributed by atoms with Gasteiger partial charge in [0.05, 0.1) is 10.6 Å². The Kier molecular flexibility index (Phi) is 4.21. The minimum Gasteiger partial charge on any atom is -0.486 e. The number of fused-ring (bicyclic) bond motifs is 2. The molecule has 0 saturated carbocycles. The summed E-state index contributed by atoms with van der Waals surface area (Å²) >= 11 is 1.59. The highest BCUT2D eigenvalue weighted by molar-refractivity contribution is 7.92. The first kappa shape index (κ1) is 18.0. The highest BCUT2D eigenvalue weighted by atomic mass is 32.2. The van der Waals surface area contributed by atoms with E-state index in [0.29, 0.717) is 30.4 Å². The van der Waals surface area contributed by atoms with Gasteiger partial charge in [-0.25, -0.2) is 13.4 Å². The maximum atomic E-state index is 12.7. The average Bonchev–Trinajstić information content (AvgIpc) is 3.30. The van der Waals surface area contributed by atoms with Crippen molar-refractivity contribution in [1.29, 1.82) is 0 Å². The molecule has 2 aromatic carbocycles. The minimum atomic E-state index is -3.75. The summed E-state index contributed by atoms with van der Waals surface area (Å²) < 4.78 is 41.0. The number of hydrogen-bond acceptors (Lipinski definition) is 6. The van der Waals surface area contributed by atoms with Crippen LogP contribution in [0.5, 0.6) is 11.5 Å². The average molecular weight is 428 g/mol. The Bertz CT molecular complexity index is 1310. The van der Waals surface area contributed by atoms with Gasteiger partial charge in [-0.05, 0) is 31.2 Å². The molecule has 0 unspecified atom stereocenters. The molecule has 0 amide bonds. The SMILES string of the molecule is Cc1csc2nc(-c3ccc(NS(=O)(=O)c4ccc5c(c4)OCCO5)cc3)cn12. The number of ether oxygens (including phenoxy) is 2. The van der Waals surface area contributed by atoms with Crippen LogP contribution >= 0.6 is 11.3 Å². The number of rotatable bonds is 4. The van der Waals surface area contributed by atoms with Crippen LogP contribution in [0.4, 0.5) is 5.69 Å². The second-order valence-corrected chi connectivity index (χ2v) is 9.16. The molecule has 2 aromatic heterocycles. The van der Waals surface area contributed by atoms with Gasteiger partial charge in [0.1, 0.15) is 13.2 Å². The number of nitrogens with zero attached hydrogens (tertiary/aromatic N) is 2. The summed E-state index contributed by atoms with van der Waals surface area (Å²) in [5.74, 6) is 0.985. The molecule has 5 rings (SSSR count). The lowest BCUT2D eigenvalue weighted by Gasteiger charge is -2.19. The number of benzene rings is 2. The van der Waals surface area contributed by atoms with E-state index >= 15 is 0 Å². The van der Waals surface area contributed by atoms with E-state index in [0.717, 1.165) is 21.9 Å². The number of aromatic nitrogens is 2. The largest absolute Gasteiger partial charge is 0.486 e. The smallest absolute Gasteiger partial charge is 0.262 e. The summed E-state index contributed by atoms with van der Waals surface area (Å²) in [5.41, 5.74) is 3.37. The van der Waals surface area contributed by atoms with E-state index in [1.807, 2.05) is 29.7 Å². The summed E-state index contributed by atoms with van der Waals surface area (Å²) in [5, 5.41) is 2.06. The molecule has 0 spiro atoms. The van der Waals surface area contributed by atoms with Crippen molar-refractivity contribution in [3.63, 3.8) is 0 Å². The topological polar surface area (TPSA) is 81.9 Å². The van der Waals surface area contributed by atoms with E-state index < -0.39 is 10.0 Å². The van der Waals surface area contributed by atoms with Gasteiger partial charge in [-0.2, -0.15) is 0 Å². The van der Waals surface area contributed by atoms with Gasteiger partial charge in [0, 0.05) is 34.6 Å². The molecule has 1 aliphatic rings. The first-order valence-electron chi connectivity index (χ1n) is 8.96. The van der Waals surface area contributed by atoms with Crippen LogP contribution in [0.15, 0.2) is 58.9 Å². The van der Waals surface area contributed by atoms with Crippen LogP contribution in [0.3, 0.4) is 0 Å². The Morgan fingerprint density at radius 2 is 1.83 bits per heavy atom. The van der Waals surface area contributed by atoms with Crippen molar-refractivity contribution < 1.29 is 17.9 Å². The maximum Gasteiger partial charge on any atom is 0.262 e. The van der Waals surface area contributed by atoms with Gasteiger partial charge in [-0.15, -0.1) is 11.3 Å². The minimum absolute atomic E-state index is 0.121. The molecule has 0 saturated heterocycles. The summed E-state index contributed by atoms with van der Waals surface area (Å²) in [6, 6.07) is 11.7. The van der Waals surface area contributed by atoms with E-state index in [2.05, 4.69) is 15.1 Å². The van der Waals surface area contributed by atoms with Crippen molar-refractivity contribution in [2.24, 2.45) is 0 Å².